The molecule has 1 N–H and O–H groups in total. The lowest BCUT2D eigenvalue weighted by atomic mass is 10.3. The molecule has 70 valence electrons. The Kier molecular flexibility index (Phi) is 1.79. The van der Waals surface area contributed by atoms with Gasteiger partial charge in [-0.2, -0.15) is 0 Å². The Morgan fingerprint density at radius 1 is 1.62 bits per heavy atom. The number of carbonyl (C=O) groups excluding carboxylic acids is 1. The van der Waals surface area contributed by atoms with E-state index in [1.165, 1.54) is 0 Å². The number of rotatable bonds is 2. The zero-order chi connectivity index (χ0) is 9.42. The van der Waals surface area contributed by atoms with Crippen molar-refractivity contribution >= 4 is 5.91 Å². The molecule has 1 aromatic heterocycles. The van der Waals surface area contributed by atoms with Crippen molar-refractivity contribution in [3.8, 4) is 0 Å². The predicted octanol–water partition coefficient (Wildman–Crippen LogP) is 0.0157. The minimum Gasteiger partial charge on any atom is -0.348 e. The predicted molar refractivity (Wildman–Crippen MR) is 46.2 cm³/mol. The molecule has 0 bridgehead atoms. The maximum Gasteiger partial charge on any atom is 0.273 e. The molecule has 0 aliphatic heterocycles. The molecule has 1 heterocycles. The summed E-state index contributed by atoms with van der Waals surface area (Å²) in [7, 11) is 1.77. The molecule has 0 spiro atoms. The van der Waals surface area contributed by atoms with Crippen molar-refractivity contribution in [3.63, 3.8) is 0 Å². The van der Waals surface area contributed by atoms with E-state index in [0.29, 0.717) is 11.7 Å². The first kappa shape index (κ1) is 8.22. The molecule has 0 aromatic carbocycles. The summed E-state index contributed by atoms with van der Waals surface area (Å²) in [5, 5.41) is 10.4. The van der Waals surface area contributed by atoms with Crippen molar-refractivity contribution in [3.05, 3.63) is 11.4 Å². The number of nitrogens with zero attached hydrogens (tertiary/aromatic N) is 3. The fraction of sp³-hybridized carbons (Fsp3) is 0.625. The van der Waals surface area contributed by atoms with E-state index in [1.807, 2.05) is 6.92 Å². The van der Waals surface area contributed by atoms with Gasteiger partial charge in [0.1, 0.15) is 0 Å². The Bertz CT molecular complexity index is 340. The second-order valence-corrected chi connectivity index (χ2v) is 3.39. The van der Waals surface area contributed by atoms with Gasteiger partial charge < -0.3 is 5.32 Å². The lowest BCUT2D eigenvalue weighted by Crippen LogP contribution is -2.26. The monoisotopic (exact) mass is 180 g/mol. The van der Waals surface area contributed by atoms with Gasteiger partial charge in [-0.3, -0.25) is 9.48 Å². The van der Waals surface area contributed by atoms with Gasteiger partial charge >= 0.3 is 0 Å². The third kappa shape index (κ3) is 1.54. The van der Waals surface area contributed by atoms with Gasteiger partial charge in [0.05, 0.1) is 5.69 Å². The van der Waals surface area contributed by atoms with Crippen LogP contribution in [-0.2, 0) is 7.05 Å². The fourth-order valence-electron chi connectivity index (χ4n) is 1.10. The van der Waals surface area contributed by atoms with Gasteiger partial charge in [-0.1, -0.05) is 5.21 Å². The van der Waals surface area contributed by atoms with Gasteiger partial charge in [0.25, 0.3) is 5.91 Å². The van der Waals surface area contributed by atoms with Crippen molar-refractivity contribution in [2.75, 3.05) is 0 Å². The molecule has 0 saturated heterocycles. The van der Waals surface area contributed by atoms with E-state index < -0.39 is 0 Å². The lowest BCUT2D eigenvalue weighted by molar-refractivity contribution is 0.0945. The summed E-state index contributed by atoms with van der Waals surface area (Å²) in [4.78, 5) is 11.5. The first-order valence-electron chi connectivity index (χ1n) is 4.35. The molecule has 5 nitrogen and oxygen atoms in total. The van der Waals surface area contributed by atoms with Crippen LogP contribution in [0.1, 0.15) is 29.0 Å². The number of aromatic nitrogens is 3. The molecule has 0 unspecified atom stereocenters. The molecule has 2 rings (SSSR count). The Morgan fingerprint density at radius 2 is 2.31 bits per heavy atom. The Morgan fingerprint density at radius 3 is 2.77 bits per heavy atom. The minimum absolute atomic E-state index is 0.104. The van der Waals surface area contributed by atoms with Crippen LogP contribution < -0.4 is 5.32 Å². The molecule has 1 aromatic rings. The van der Waals surface area contributed by atoms with Crippen molar-refractivity contribution in [2.45, 2.75) is 25.8 Å². The van der Waals surface area contributed by atoms with E-state index in [2.05, 4.69) is 15.6 Å². The van der Waals surface area contributed by atoms with Gasteiger partial charge in [-0.05, 0) is 19.8 Å². The summed E-state index contributed by atoms with van der Waals surface area (Å²) in [6.07, 6.45) is 2.18. The highest BCUT2D eigenvalue weighted by atomic mass is 16.2. The van der Waals surface area contributed by atoms with Gasteiger partial charge in [0.2, 0.25) is 0 Å². The average Bonchev–Trinajstić information content (AvgIpc) is 2.82. The van der Waals surface area contributed by atoms with Gasteiger partial charge in [0, 0.05) is 13.1 Å². The van der Waals surface area contributed by atoms with Crippen LogP contribution in [0, 0.1) is 6.92 Å². The maximum absolute atomic E-state index is 11.5. The Balaban J connectivity index is 2.14. The number of hydrogen-bond acceptors (Lipinski definition) is 3. The van der Waals surface area contributed by atoms with Crippen molar-refractivity contribution in [2.24, 2.45) is 7.05 Å². The molecule has 1 fully saturated rings. The van der Waals surface area contributed by atoms with E-state index >= 15 is 0 Å². The Hall–Kier alpha value is -1.39. The van der Waals surface area contributed by atoms with E-state index in [-0.39, 0.29) is 5.91 Å². The molecule has 13 heavy (non-hydrogen) atoms. The minimum atomic E-state index is -0.104. The summed E-state index contributed by atoms with van der Waals surface area (Å²) in [6.45, 7) is 1.84. The molecular formula is C8H12N4O. The quantitative estimate of drug-likeness (QED) is 0.697. The first-order valence-corrected chi connectivity index (χ1v) is 4.35. The van der Waals surface area contributed by atoms with Crippen LogP contribution in [0.15, 0.2) is 0 Å². The topological polar surface area (TPSA) is 59.8 Å². The van der Waals surface area contributed by atoms with Crippen LogP contribution in [-0.4, -0.2) is 26.9 Å². The molecule has 1 amide bonds. The van der Waals surface area contributed by atoms with Crippen LogP contribution in [0.5, 0.6) is 0 Å². The largest absolute Gasteiger partial charge is 0.348 e. The van der Waals surface area contributed by atoms with Crippen LogP contribution in [0.2, 0.25) is 0 Å². The number of amides is 1. The molecule has 1 aliphatic carbocycles. The highest BCUT2D eigenvalue weighted by Crippen LogP contribution is 2.19. The fourth-order valence-corrected chi connectivity index (χ4v) is 1.10. The smallest absolute Gasteiger partial charge is 0.273 e. The van der Waals surface area contributed by atoms with E-state index in [4.69, 9.17) is 0 Å². The molecule has 1 aliphatic rings. The molecule has 0 radical (unpaired) electrons. The summed E-state index contributed by atoms with van der Waals surface area (Å²) in [5.41, 5.74) is 1.24. The van der Waals surface area contributed by atoms with E-state index in [1.54, 1.807) is 11.7 Å². The van der Waals surface area contributed by atoms with Gasteiger partial charge in [0.15, 0.2) is 5.69 Å². The van der Waals surface area contributed by atoms with E-state index in [0.717, 1.165) is 18.5 Å². The number of carbonyl (C=O) groups is 1. The molecular weight excluding hydrogens is 168 g/mol. The van der Waals surface area contributed by atoms with E-state index in [9.17, 15) is 4.79 Å². The maximum atomic E-state index is 11.5. The normalized spacial score (nSPS) is 15.8. The Labute approximate surface area is 76.1 Å². The van der Waals surface area contributed by atoms with Crippen molar-refractivity contribution < 1.29 is 4.79 Å². The molecule has 5 heteroatoms. The first-order chi connectivity index (χ1) is 6.18. The average molecular weight is 180 g/mol. The second-order valence-electron chi connectivity index (χ2n) is 3.39. The highest BCUT2D eigenvalue weighted by molar-refractivity contribution is 5.93. The van der Waals surface area contributed by atoms with Crippen molar-refractivity contribution in [1.29, 1.82) is 0 Å². The van der Waals surface area contributed by atoms with Crippen LogP contribution in [0.3, 0.4) is 0 Å². The zero-order valence-corrected chi connectivity index (χ0v) is 7.74. The molecule has 1 saturated carbocycles. The lowest BCUT2D eigenvalue weighted by Gasteiger charge is -1.99. The second kappa shape index (κ2) is 2.83. The van der Waals surface area contributed by atoms with Crippen LogP contribution in [0.25, 0.3) is 0 Å². The van der Waals surface area contributed by atoms with Gasteiger partial charge in [-0.25, -0.2) is 0 Å². The standard InChI is InChI=1S/C8H12N4O/c1-5-7(10-11-12(5)2)8(13)9-6-3-4-6/h6H,3-4H2,1-2H3,(H,9,13). The number of nitrogens with one attached hydrogen (secondary N) is 1. The molecule has 0 atom stereocenters. The third-order valence-corrected chi connectivity index (χ3v) is 2.23. The number of hydrogen-bond donors (Lipinski definition) is 1. The summed E-state index contributed by atoms with van der Waals surface area (Å²) in [5.74, 6) is -0.104. The highest BCUT2D eigenvalue weighted by Gasteiger charge is 2.25. The van der Waals surface area contributed by atoms with Crippen LogP contribution in [0.4, 0.5) is 0 Å². The summed E-state index contributed by atoms with van der Waals surface area (Å²) >= 11 is 0. The summed E-state index contributed by atoms with van der Waals surface area (Å²) in [6, 6.07) is 0.369. The summed E-state index contributed by atoms with van der Waals surface area (Å²) < 4.78 is 1.60. The zero-order valence-electron chi connectivity index (χ0n) is 7.74. The van der Waals surface area contributed by atoms with Gasteiger partial charge in [-0.15, -0.1) is 5.10 Å². The SMILES string of the molecule is Cc1c(C(=O)NC2CC2)nnn1C. The van der Waals surface area contributed by atoms with Crippen LogP contribution >= 0.6 is 0 Å². The third-order valence-electron chi connectivity index (χ3n) is 2.23. The van der Waals surface area contributed by atoms with Crippen molar-refractivity contribution in [1.82, 2.24) is 20.3 Å². The number of aryl methyl sites for hydroxylation is 1.